The molecule has 0 unspecified atom stereocenters. The smallest absolute Gasteiger partial charge is 0.300 e. The van der Waals surface area contributed by atoms with Crippen molar-refractivity contribution >= 4 is 33.3 Å². The minimum Gasteiger partial charge on any atom is -0.300 e. The molecule has 9 heteroatoms. The zero-order chi connectivity index (χ0) is 19.5. The minimum atomic E-state index is -0.543. The molecular weight excluding hydrogens is 378 g/mol. The molecule has 0 aliphatic rings. The molecule has 2 heterocycles. The molecule has 0 fully saturated rings. The van der Waals surface area contributed by atoms with Crippen LogP contribution in [0.2, 0.25) is 0 Å². The van der Waals surface area contributed by atoms with Crippen molar-refractivity contribution in [3.05, 3.63) is 75.4 Å². The Kier molecular flexibility index (Phi) is 4.81. The minimum absolute atomic E-state index is 0.0518. The average molecular weight is 393 g/mol. The lowest BCUT2D eigenvalue weighted by atomic mass is 10.2. The molecule has 1 amide bonds. The van der Waals surface area contributed by atoms with Crippen LogP contribution < -0.4 is 16.6 Å². The van der Waals surface area contributed by atoms with Crippen LogP contribution in [0.3, 0.4) is 0 Å². The predicted molar refractivity (Wildman–Crippen MR) is 107 cm³/mol. The maximum absolute atomic E-state index is 12.3. The molecule has 0 spiro atoms. The molecule has 4 rings (SSSR count). The van der Waals surface area contributed by atoms with E-state index in [0.29, 0.717) is 21.0 Å². The van der Waals surface area contributed by atoms with Crippen molar-refractivity contribution in [1.29, 1.82) is 0 Å². The summed E-state index contributed by atoms with van der Waals surface area (Å²) in [5.74, 6) is -0.294. The fourth-order valence-corrected chi connectivity index (χ4v) is 3.60. The van der Waals surface area contributed by atoms with Gasteiger partial charge in [0.05, 0.1) is 10.9 Å². The Morgan fingerprint density at radius 3 is 2.61 bits per heavy atom. The van der Waals surface area contributed by atoms with Gasteiger partial charge in [-0.3, -0.25) is 19.1 Å². The van der Waals surface area contributed by atoms with Crippen molar-refractivity contribution in [1.82, 2.24) is 19.7 Å². The molecule has 2 aromatic carbocycles. The SMILES string of the molecule is O=C(CCn1c(=O)[nH]c(=O)c2ccccc21)Nc1nnc(-c2ccccc2)s1. The van der Waals surface area contributed by atoms with Crippen LogP contribution in [-0.4, -0.2) is 25.7 Å². The number of para-hydroxylation sites is 1. The summed E-state index contributed by atoms with van der Waals surface area (Å²) in [6.07, 6.45) is 0.0518. The third-order valence-corrected chi connectivity index (χ3v) is 5.05. The average Bonchev–Trinajstić information content (AvgIpc) is 3.17. The lowest BCUT2D eigenvalue weighted by molar-refractivity contribution is -0.116. The number of aromatic nitrogens is 4. The summed E-state index contributed by atoms with van der Waals surface area (Å²) in [6.45, 7) is 0.131. The van der Waals surface area contributed by atoms with Gasteiger partial charge in [-0.05, 0) is 12.1 Å². The molecule has 0 bridgehead atoms. The first-order chi connectivity index (χ1) is 13.6. The Labute approximate surface area is 162 Å². The number of H-pyrrole nitrogens is 1. The summed E-state index contributed by atoms with van der Waals surface area (Å²) in [7, 11) is 0. The van der Waals surface area contributed by atoms with Gasteiger partial charge in [-0.2, -0.15) is 0 Å². The molecule has 0 aliphatic carbocycles. The Morgan fingerprint density at radius 2 is 1.79 bits per heavy atom. The van der Waals surface area contributed by atoms with Crippen LogP contribution in [0.25, 0.3) is 21.5 Å². The third-order valence-electron chi connectivity index (χ3n) is 4.16. The van der Waals surface area contributed by atoms with Gasteiger partial charge in [-0.15, -0.1) is 10.2 Å². The molecule has 0 saturated heterocycles. The van der Waals surface area contributed by atoms with E-state index >= 15 is 0 Å². The quantitative estimate of drug-likeness (QED) is 0.540. The van der Waals surface area contributed by atoms with Crippen LogP contribution in [0.15, 0.2) is 64.2 Å². The Balaban J connectivity index is 1.47. The maximum Gasteiger partial charge on any atom is 0.328 e. The lowest BCUT2D eigenvalue weighted by Crippen LogP contribution is -2.31. The summed E-state index contributed by atoms with van der Waals surface area (Å²) in [6, 6.07) is 16.3. The molecule has 0 radical (unpaired) electrons. The second-order valence-electron chi connectivity index (χ2n) is 6.00. The standard InChI is InChI=1S/C19H15N5O3S/c25-15(20-18-23-22-17(28-18)12-6-2-1-3-7-12)10-11-24-14-9-5-4-8-13(14)16(26)21-19(24)27/h1-9H,10-11H2,(H,20,23,25)(H,21,26,27). The second kappa shape index (κ2) is 7.57. The van der Waals surface area contributed by atoms with Crippen molar-refractivity contribution in [2.75, 3.05) is 5.32 Å². The highest BCUT2D eigenvalue weighted by Gasteiger charge is 2.12. The van der Waals surface area contributed by atoms with Crippen LogP contribution >= 0.6 is 11.3 Å². The van der Waals surface area contributed by atoms with E-state index in [1.807, 2.05) is 30.3 Å². The fraction of sp³-hybridized carbons (Fsp3) is 0.105. The summed E-state index contributed by atoms with van der Waals surface area (Å²) in [5.41, 5.74) is 0.431. The molecular formula is C19H15N5O3S. The van der Waals surface area contributed by atoms with Gasteiger partial charge in [0.15, 0.2) is 0 Å². The number of anilines is 1. The molecule has 140 valence electrons. The Morgan fingerprint density at radius 1 is 1.04 bits per heavy atom. The molecule has 0 atom stereocenters. The van der Waals surface area contributed by atoms with E-state index in [9.17, 15) is 14.4 Å². The molecule has 0 aliphatic heterocycles. The van der Waals surface area contributed by atoms with Gasteiger partial charge in [-0.25, -0.2) is 4.79 Å². The largest absolute Gasteiger partial charge is 0.328 e. The van der Waals surface area contributed by atoms with E-state index in [-0.39, 0.29) is 18.9 Å². The number of benzene rings is 2. The van der Waals surface area contributed by atoms with Gasteiger partial charge in [0.2, 0.25) is 11.0 Å². The van der Waals surface area contributed by atoms with Gasteiger partial charge in [0.1, 0.15) is 5.01 Å². The van der Waals surface area contributed by atoms with Gasteiger partial charge in [0, 0.05) is 18.5 Å². The zero-order valence-electron chi connectivity index (χ0n) is 14.6. The number of fused-ring (bicyclic) bond motifs is 1. The van der Waals surface area contributed by atoms with Crippen molar-refractivity contribution < 1.29 is 4.79 Å². The van der Waals surface area contributed by atoms with Crippen LogP contribution in [0.4, 0.5) is 5.13 Å². The summed E-state index contributed by atoms with van der Waals surface area (Å²) in [4.78, 5) is 38.6. The highest BCUT2D eigenvalue weighted by atomic mass is 32.1. The van der Waals surface area contributed by atoms with E-state index < -0.39 is 11.2 Å². The van der Waals surface area contributed by atoms with E-state index in [2.05, 4.69) is 20.5 Å². The van der Waals surface area contributed by atoms with Gasteiger partial charge < -0.3 is 5.32 Å². The summed E-state index contributed by atoms with van der Waals surface area (Å²) >= 11 is 1.27. The first kappa shape index (κ1) is 17.8. The van der Waals surface area contributed by atoms with Gasteiger partial charge >= 0.3 is 5.69 Å². The monoisotopic (exact) mass is 393 g/mol. The molecule has 8 nitrogen and oxygen atoms in total. The highest BCUT2D eigenvalue weighted by molar-refractivity contribution is 7.18. The third kappa shape index (κ3) is 3.60. The number of aryl methyl sites for hydroxylation is 1. The van der Waals surface area contributed by atoms with Crippen LogP contribution in [0.5, 0.6) is 0 Å². The number of nitrogens with one attached hydrogen (secondary N) is 2. The van der Waals surface area contributed by atoms with Crippen LogP contribution in [0.1, 0.15) is 6.42 Å². The topological polar surface area (TPSA) is 110 Å². The summed E-state index contributed by atoms with van der Waals surface area (Å²) in [5, 5.41) is 12.3. The summed E-state index contributed by atoms with van der Waals surface area (Å²) < 4.78 is 1.38. The van der Waals surface area contributed by atoms with Gasteiger partial charge in [-0.1, -0.05) is 53.8 Å². The molecule has 2 aromatic heterocycles. The maximum atomic E-state index is 12.3. The predicted octanol–water partition coefficient (Wildman–Crippen LogP) is 2.24. The van der Waals surface area contributed by atoms with E-state index in [1.165, 1.54) is 15.9 Å². The van der Waals surface area contributed by atoms with Crippen LogP contribution in [-0.2, 0) is 11.3 Å². The Bertz CT molecular complexity index is 1260. The molecule has 28 heavy (non-hydrogen) atoms. The number of amides is 1. The van der Waals surface area contributed by atoms with Crippen molar-refractivity contribution in [2.45, 2.75) is 13.0 Å². The number of rotatable bonds is 5. The number of hydrogen-bond donors (Lipinski definition) is 2. The first-order valence-corrected chi connectivity index (χ1v) is 9.34. The molecule has 0 saturated carbocycles. The van der Waals surface area contributed by atoms with Crippen LogP contribution in [0, 0.1) is 0 Å². The van der Waals surface area contributed by atoms with Crippen molar-refractivity contribution in [2.24, 2.45) is 0 Å². The number of carbonyl (C=O) groups is 1. The number of nitrogens with zero attached hydrogens (tertiary/aromatic N) is 3. The normalized spacial score (nSPS) is 10.9. The number of carbonyl (C=O) groups excluding carboxylic acids is 1. The lowest BCUT2D eigenvalue weighted by Gasteiger charge is -2.08. The van der Waals surface area contributed by atoms with E-state index in [4.69, 9.17) is 0 Å². The van der Waals surface area contributed by atoms with E-state index in [0.717, 1.165) is 5.56 Å². The second-order valence-corrected chi connectivity index (χ2v) is 6.98. The van der Waals surface area contributed by atoms with E-state index in [1.54, 1.807) is 24.3 Å². The van der Waals surface area contributed by atoms with Crippen molar-refractivity contribution in [3.8, 4) is 10.6 Å². The number of aromatic amines is 1. The molecule has 2 N–H and O–H groups in total. The fourth-order valence-electron chi connectivity index (χ4n) is 2.83. The first-order valence-electron chi connectivity index (χ1n) is 8.52. The number of hydrogen-bond acceptors (Lipinski definition) is 6. The Hall–Kier alpha value is -3.59. The highest BCUT2D eigenvalue weighted by Crippen LogP contribution is 2.25. The van der Waals surface area contributed by atoms with Gasteiger partial charge in [0.25, 0.3) is 5.56 Å². The van der Waals surface area contributed by atoms with Crippen molar-refractivity contribution in [3.63, 3.8) is 0 Å². The zero-order valence-corrected chi connectivity index (χ0v) is 15.4. The molecule has 4 aromatic rings.